The minimum atomic E-state index is 0.914. The van der Waals surface area contributed by atoms with Gasteiger partial charge in [-0.05, 0) is 49.2 Å². The predicted molar refractivity (Wildman–Crippen MR) is 92.8 cm³/mol. The maximum absolute atomic E-state index is 4.71. The lowest BCUT2D eigenvalue weighted by atomic mass is 10.1. The Hall–Kier alpha value is -2.40. The van der Waals surface area contributed by atoms with Gasteiger partial charge in [-0.25, -0.2) is 9.97 Å². The number of nitrogens with zero attached hydrogens (tertiary/aromatic N) is 2. The SMILES string of the molecule is CCCCCC#Cc1ccc2nc3cc(C)ccc3nc2c1. The maximum Gasteiger partial charge on any atom is 0.0907 e. The first kappa shape index (κ1) is 14.5. The number of unbranched alkanes of at least 4 members (excludes halogenated alkanes) is 3. The third-order valence-corrected chi connectivity index (χ3v) is 3.73. The van der Waals surface area contributed by atoms with Crippen molar-refractivity contribution in [3.05, 3.63) is 47.5 Å². The van der Waals surface area contributed by atoms with E-state index in [4.69, 9.17) is 4.98 Å². The van der Waals surface area contributed by atoms with Gasteiger partial charge in [-0.1, -0.05) is 37.7 Å². The van der Waals surface area contributed by atoms with Gasteiger partial charge in [-0.15, -0.1) is 0 Å². The standard InChI is InChI=1S/C20H20N2/c1-3-4-5-6-7-8-16-10-12-18-20(14-16)22-17-11-9-15(2)13-19(17)21-18/h9-14H,3-6H2,1-2H3. The molecular weight excluding hydrogens is 268 g/mol. The molecule has 2 aromatic carbocycles. The Morgan fingerprint density at radius 1 is 0.864 bits per heavy atom. The summed E-state index contributed by atoms with van der Waals surface area (Å²) in [6, 6.07) is 12.3. The van der Waals surface area contributed by atoms with Crippen LogP contribution in [0.2, 0.25) is 0 Å². The molecule has 0 radical (unpaired) electrons. The van der Waals surface area contributed by atoms with E-state index < -0.39 is 0 Å². The van der Waals surface area contributed by atoms with Gasteiger partial charge >= 0.3 is 0 Å². The molecular formula is C20H20N2. The fraction of sp³-hybridized carbons (Fsp3) is 0.300. The van der Waals surface area contributed by atoms with Crippen LogP contribution in [0.25, 0.3) is 22.1 Å². The molecule has 0 aliphatic carbocycles. The summed E-state index contributed by atoms with van der Waals surface area (Å²) in [6.07, 6.45) is 4.64. The summed E-state index contributed by atoms with van der Waals surface area (Å²) in [5, 5.41) is 0. The summed E-state index contributed by atoms with van der Waals surface area (Å²) in [5.41, 5.74) is 5.95. The third kappa shape index (κ3) is 3.26. The van der Waals surface area contributed by atoms with Crippen LogP contribution in [0.15, 0.2) is 36.4 Å². The normalized spacial score (nSPS) is 10.6. The number of hydrogen-bond donors (Lipinski definition) is 0. The Morgan fingerprint density at radius 3 is 2.36 bits per heavy atom. The molecule has 0 unspecified atom stereocenters. The average Bonchev–Trinajstić information content (AvgIpc) is 2.52. The van der Waals surface area contributed by atoms with Crippen molar-refractivity contribution >= 4 is 22.1 Å². The first-order chi connectivity index (χ1) is 10.8. The van der Waals surface area contributed by atoms with Gasteiger partial charge in [0.2, 0.25) is 0 Å². The highest BCUT2D eigenvalue weighted by Crippen LogP contribution is 2.18. The minimum absolute atomic E-state index is 0.914. The Balaban J connectivity index is 1.92. The van der Waals surface area contributed by atoms with Crippen molar-refractivity contribution in [1.29, 1.82) is 0 Å². The molecule has 0 saturated heterocycles. The molecule has 0 aliphatic heterocycles. The molecule has 0 fully saturated rings. The van der Waals surface area contributed by atoms with Gasteiger partial charge < -0.3 is 0 Å². The number of hydrogen-bond acceptors (Lipinski definition) is 2. The molecule has 0 amide bonds. The number of fused-ring (bicyclic) bond motifs is 2. The Labute approximate surface area is 131 Å². The third-order valence-electron chi connectivity index (χ3n) is 3.73. The number of aryl methyl sites for hydroxylation is 1. The molecule has 0 spiro atoms. The Morgan fingerprint density at radius 2 is 1.59 bits per heavy atom. The second kappa shape index (κ2) is 6.58. The van der Waals surface area contributed by atoms with Crippen molar-refractivity contribution in [2.75, 3.05) is 0 Å². The molecule has 0 aliphatic rings. The van der Waals surface area contributed by atoms with Crippen molar-refractivity contribution in [1.82, 2.24) is 9.97 Å². The smallest absolute Gasteiger partial charge is 0.0907 e. The fourth-order valence-corrected chi connectivity index (χ4v) is 2.49. The minimum Gasteiger partial charge on any atom is -0.244 e. The van der Waals surface area contributed by atoms with Gasteiger partial charge in [0.15, 0.2) is 0 Å². The number of aromatic nitrogens is 2. The highest BCUT2D eigenvalue weighted by Gasteiger charge is 2.02. The van der Waals surface area contributed by atoms with E-state index in [1.807, 2.05) is 24.3 Å². The lowest BCUT2D eigenvalue weighted by Crippen LogP contribution is -1.89. The van der Waals surface area contributed by atoms with Crippen LogP contribution >= 0.6 is 0 Å². The first-order valence-corrected chi connectivity index (χ1v) is 7.93. The highest BCUT2D eigenvalue weighted by atomic mass is 14.8. The summed E-state index contributed by atoms with van der Waals surface area (Å²) in [7, 11) is 0. The maximum atomic E-state index is 4.71. The van der Waals surface area contributed by atoms with E-state index in [9.17, 15) is 0 Å². The van der Waals surface area contributed by atoms with E-state index in [0.717, 1.165) is 34.1 Å². The number of rotatable bonds is 3. The molecule has 0 atom stereocenters. The van der Waals surface area contributed by atoms with Crippen LogP contribution in [0.1, 0.15) is 43.7 Å². The molecule has 22 heavy (non-hydrogen) atoms. The predicted octanol–water partition coefficient (Wildman–Crippen LogP) is 5.02. The van der Waals surface area contributed by atoms with Crippen molar-refractivity contribution < 1.29 is 0 Å². The fourth-order valence-electron chi connectivity index (χ4n) is 2.49. The topological polar surface area (TPSA) is 25.8 Å². The average molecular weight is 288 g/mol. The van der Waals surface area contributed by atoms with E-state index in [-0.39, 0.29) is 0 Å². The van der Waals surface area contributed by atoms with E-state index in [2.05, 4.69) is 42.8 Å². The van der Waals surface area contributed by atoms with Crippen molar-refractivity contribution in [3.8, 4) is 11.8 Å². The van der Waals surface area contributed by atoms with Gasteiger partial charge in [-0.3, -0.25) is 0 Å². The van der Waals surface area contributed by atoms with Gasteiger partial charge in [0.25, 0.3) is 0 Å². The van der Waals surface area contributed by atoms with Crippen molar-refractivity contribution in [2.45, 2.75) is 39.5 Å². The quantitative estimate of drug-likeness (QED) is 0.384. The largest absolute Gasteiger partial charge is 0.244 e. The van der Waals surface area contributed by atoms with Gasteiger partial charge in [0, 0.05) is 12.0 Å². The Bertz CT molecular complexity index is 869. The molecule has 0 bridgehead atoms. The summed E-state index contributed by atoms with van der Waals surface area (Å²) in [6.45, 7) is 4.28. The van der Waals surface area contributed by atoms with Crippen molar-refractivity contribution in [3.63, 3.8) is 0 Å². The summed E-state index contributed by atoms with van der Waals surface area (Å²) >= 11 is 0. The Kier molecular flexibility index (Phi) is 4.34. The molecule has 2 heteroatoms. The zero-order valence-corrected chi connectivity index (χ0v) is 13.2. The van der Waals surface area contributed by atoms with E-state index >= 15 is 0 Å². The van der Waals surface area contributed by atoms with E-state index in [1.165, 1.54) is 24.8 Å². The molecule has 110 valence electrons. The van der Waals surface area contributed by atoms with Crippen LogP contribution in [0.3, 0.4) is 0 Å². The summed E-state index contributed by atoms with van der Waals surface area (Å²) in [5.74, 6) is 6.48. The van der Waals surface area contributed by atoms with Crippen LogP contribution < -0.4 is 0 Å². The summed E-state index contributed by atoms with van der Waals surface area (Å²) < 4.78 is 0. The second-order valence-corrected chi connectivity index (χ2v) is 5.68. The van der Waals surface area contributed by atoms with Crippen LogP contribution in [0, 0.1) is 18.8 Å². The van der Waals surface area contributed by atoms with E-state index in [0.29, 0.717) is 0 Å². The van der Waals surface area contributed by atoms with Crippen LogP contribution in [0.4, 0.5) is 0 Å². The zero-order valence-electron chi connectivity index (χ0n) is 13.2. The van der Waals surface area contributed by atoms with Gasteiger partial charge in [0.05, 0.1) is 22.1 Å². The molecule has 3 aromatic rings. The van der Waals surface area contributed by atoms with Crippen LogP contribution in [0.5, 0.6) is 0 Å². The molecule has 3 rings (SSSR count). The van der Waals surface area contributed by atoms with E-state index in [1.54, 1.807) is 0 Å². The molecule has 0 N–H and O–H groups in total. The van der Waals surface area contributed by atoms with Crippen LogP contribution in [-0.4, -0.2) is 9.97 Å². The molecule has 0 saturated carbocycles. The number of benzene rings is 2. The first-order valence-electron chi connectivity index (χ1n) is 7.93. The summed E-state index contributed by atoms with van der Waals surface area (Å²) in [4.78, 5) is 9.40. The molecule has 2 nitrogen and oxygen atoms in total. The molecule has 1 aromatic heterocycles. The van der Waals surface area contributed by atoms with Gasteiger partial charge in [-0.2, -0.15) is 0 Å². The lowest BCUT2D eigenvalue weighted by molar-refractivity contribution is 0.737. The molecule has 1 heterocycles. The van der Waals surface area contributed by atoms with Gasteiger partial charge in [0.1, 0.15) is 0 Å². The zero-order chi connectivity index (χ0) is 15.4. The highest BCUT2D eigenvalue weighted by molar-refractivity contribution is 5.87. The second-order valence-electron chi connectivity index (χ2n) is 5.68. The monoisotopic (exact) mass is 288 g/mol. The van der Waals surface area contributed by atoms with Crippen molar-refractivity contribution in [2.24, 2.45) is 0 Å². The van der Waals surface area contributed by atoms with Crippen LogP contribution in [-0.2, 0) is 0 Å². The lowest BCUT2D eigenvalue weighted by Gasteiger charge is -2.02.